The Labute approximate surface area is 183 Å². The first-order valence-electron chi connectivity index (χ1n) is 11.0. The van der Waals surface area contributed by atoms with E-state index in [2.05, 4.69) is 15.5 Å². The Kier molecular flexibility index (Phi) is 6.16. The largest absolute Gasteiger partial charge is 0.340 e. The van der Waals surface area contributed by atoms with Crippen molar-refractivity contribution >= 4 is 15.9 Å². The standard InChI is InChI=1S/C22H30N4O4S/c1-14(2)19(22-24-20(25-30-22)16-7-8-16)23-21(27)17-9-11-18(12-10-17)31(28,29)26-13-5-4-6-15(26)3/h9-12,14-16,19H,4-8,13H2,1-3H3,(H,23,27). The van der Waals surface area contributed by atoms with Crippen molar-refractivity contribution in [3.05, 3.63) is 41.5 Å². The van der Waals surface area contributed by atoms with Gasteiger partial charge in [0.15, 0.2) is 5.82 Å². The highest BCUT2D eigenvalue weighted by atomic mass is 32.2. The SMILES string of the molecule is CC(C)C(NC(=O)c1ccc(S(=O)(=O)N2CCCCC2C)cc1)c1nc(C2CC2)no1. The van der Waals surface area contributed by atoms with E-state index in [1.807, 2.05) is 20.8 Å². The molecular formula is C22H30N4O4S. The Morgan fingerprint density at radius 3 is 2.48 bits per heavy atom. The summed E-state index contributed by atoms with van der Waals surface area (Å²) >= 11 is 0. The molecule has 1 aromatic carbocycles. The second-order valence-electron chi connectivity index (χ2n) is 8.95. The minimum absolute atomic E-state index is 0.0107. The van der Waals surface area contributed by atoms with Crippen LogP contribution in [0.25, 0.3) is 0 Å². The number of hydrogen-bond donors (Lipinski definition) is 1. The van der Waals surface area contributed by atoms with Gasteiger partial charge in [0.05, 0.1) is 4.90 Å². The highest BCUT2D eigenvalue weighted by Crippen LogP contribution is 2.38. The van der Waals surface area contributed by atoms with Crippen molar-refractivity contribution in [1.29, 1.82) is 0 Å². The van der Waals surface area contributed by atoms with Crippen molar-refractivity contribution in [3.63, 3.8) is 0 Å². The highest BCUT2D eigenvalue weighted by molar-refractivity contribution is 7.89. The molecule has 1 saturated carbocycles. The zero-order valence-electron chi connectivity index (χ0n) is 18.2. The van der Waals surface area contributed by atoms with Crippen LogP contribution in [0.3, 0.4) is 0 Å². The van der Waals surface area contributed by atoms with Crippen LogP contribution in [-0.4, -0.2) is 41.4 Å². The lowest BCUT2D eigenvalue weighted by Gasteiger charge is -2.32. The fourth-order valence-corrected chi connectivity index (χ4v) is 5.66. The van der Waals surface area contributed by atoms with Gasteiger partial charge >= 0.3 is 0 Å². The van der Waals surface area contributed by atoms with Crippen LogP contribution in [0, 0.1) is 5.92 Å². The minimum atomic E-state index is -3.56. The number of hydrogen-bond acceptors (Lipinski definition) is 6. The van der Waals surface area contributed by atoms with Gasteiger partial charge in [0, 0.05) is 24.1 Å². The number of aromatic nitrogens is 2. The number of amides is 1. The molecule has 1 saturated heterocycles. The van der Waals surface area contributed by atoms with Crippen LogP contribution in [0.5, 0.6) is 0 Å². The Hall–Kier alpha value is -2.26. The van der Waals surface area contributed by atoms with Crippen LogP contribution in [0.2, 0.25) is 0 Å². The Morgan fingerprint density at radius 2 is 1.87 bits per heavy atom. The number of nitrogens with one attached hydrogen (secondary N) is 1. The van der Waals surface area contributed by atoms with E-state index in [9.17, 15) is 13.2 Å². The maximum atomic E-state index is 13.0. The molecule has 2 fully saturated rings. The molecule has 2 heterocycles. The van der Waals surface area contributed by atoms with Gasteiger partial charge in [-0.05, 0) is 62.8 Å². The molecule has 2 aromatic rings. The quantitative estimate of drug-likeness (QED) is 0.696. The molecule has 1 aliphatic heterocycles. The van der Waals surface area contributed by atoms with Crippen LogP contribution < -0.4 is 5.32 Å². The van der Waals surface area contributed by atoms with Gasteiger partial charge in [0.1, 0.15) is 6.04 Å². The first kappa shape index (κ1) is 22.0. The van der Waals surface area contributed by atoms with Crippen LogP contribution in [-0.2, 0) is 10.0 Å². The monoisotopic (exact) mass is 446 g/mol. The summed E-state index contributed by atoms with van der Waals surface area (Å²) < 4.78 is 33.0. The van der Waals surface area contributed by atoms with E-state index in [0.717, 1.165) is 32.1 Å². The van der Waals surface area contributed by atoms with E-state index in [4.69, 9.17) is 4.52 Å². The smallest absolute Gasteiger partial charge is 0.251 e. The van der Waals surface area contributed by atoms with Crippen molar-refractivity contribution in [1.82, 2.24) is 19.8 Å². The molecule has 2 aliphatic rings. The Morgan fingerprint density at radius 1 is 1.16 bits per heavy atom. The molecule has 1 aromatic heterocycles. The van der Waals surface area contributed by atoms with Crippen molar-refractivity contribution in [3.8, 4) is 0 Å². The molecule has 31 heavy (non-hydrogen) atoms. The predicted octanol–water partition coefficient (Wildman–Crippen LogP) is 3.64. The summed E-state index contributed by atoms with van der Waals surface area (Å²) in [5.41, 5.74) is 0.387. The second-order valence-corrected chi connectivity index (χ2v) is 10.8. The summed E-state index contributed by atoms with van der Waals surface area (Å²) in [7, 11) is -3.56. The summed E-state index contributed by atoms with van der Waals surface area (Å²) in [6, 6.07) is 5.70. The van der Waals surface area contributed by atoms with E-state index in [0.29, 0.717) is 29.7 Å². The average Bonchev–Trinajstić information content (AvgIpc) is 3.49. The van der Waals surface area contributed by atoms with Gasteiger partial charge in [-0.3, -0.25) is 4.79 Å². The van der Waals surface area contributed by atoms with Crippen molar-refractivity contribution < 1.29 is 17.7 Å². The molecule has 2 unspecified atom stereocenters. The minimum Gasteiger partial charge on any atom is -0.340 e. The van der Waals surface area contributed by atoms with E-state index in [1.165, 1.54) is 12.1 Å². The van der Waals surface area contributed by atoms with Gasteiger partial charge in [0.25, 0.3) is 5.91 Å². The third-order valence-electron chi connectivity index (χ3n) is 6.08. The molecule has 0 radical (unpaired) electrons. The van der Waals surface area contributed by atoms with Gasteiger partial charge in [0.2, 0.25) is 15.9 Å². The lowest BCUT2D eigenvalue weighted by Crippen LogP contribution is -2.41. The van der Waals surface area contributed by atoms with Crippen molar-refractivity contribution in [2.45, 2.75) is 75.8 Å². The molecule has 9 heteroatoms. The fourth-order valence-electron chi connectivity index (χ4n) is 3.96. The third-order valence-corrected chi connectivity index (χ3v) is 8.11. The third kappa shape index (κ3) is 4.67. The number of carbonyl (C=O) groups is 1. The molecule has 168 valence electrons. The van der Waals surface area contributed by atoms with Crippen LogP contribution in [0.1, 0.15) is 86.9 Å². The average molecular weight is 447 g/mol. The normalized spacial score (nSPS) is 21.2. The van der Waals surface area contributed by atoms with Crippen molar-refractivity contribution in [2.24, 2.45) is 5.92 Å². The van der Waals surface area contributed by atoms with Gasteiger partial charge in [-0.2, -0.15) is 9.29 Å². The van der Waals surface area contributed by atoms with Gasteiger partial charge in [-0.25, -0.2) is 8.42 Å². The van der Waals surface area contributed by atoms with Gasteiger partial charge < -0.3 is 9.84 Å². The molecule has 1 amide bonds. The Bertz CT molecular complexity index is 1030. The molecule has 1 aliphatic carbocycles. The zero-order chi connectivity index (χ0) is 22.2. The Balaban J connectivity index is 1.48. The highest BCUT2D eigenvalue weighted by Gasteiger charge is 2.33. The van der Waals surface area contributed by atoms with Crippen LogP contribution >= 0.6 is 0 Å². The number of benzene rings is 1. The van der Waals surface area contributed by atoms with Gasteiger partial charge in [-0.15, -0.1) is 0 Å². The fraction of sp³-hybridized carbons (Fsp3) is 0.591. The van der Waals surface area contributed by atoms with Crippen LogP contribution in [0.4, 0.5) is 0 Å². The van der Waals surface area contributed by atoms with E-state index in [-0.39, 0.29) is 22.8 Å². The number of nitrogens with zero attached hydrogens (tertiary/aromatic N) is 3. The molecule has 0 bridgehead atoms. The maximum Gasteiger partial charge on any atom is 0.251 e. The van der Waals surface area contributed by atoms with E-state index >= 15 is 0 Å². The number of piperidine rings is 1. The van der Waals surface area contributed by atoms with Gasteiger partial charge in [-0.1, -0.05) is 25.4 Å². The number of sulfonamides is 1. The first-order valence-corrected chi connectivity index (χ1v) is 12.5. The molecule has 4 rings (SSSR count). The molecule has 8 nitrogen and oxygen atoms in total. The second kappa shape index (κ2) is 8.70. The maximum absolute atomic E-state index is 13.0. The molecule has 0 spiro atoms. The summed E-state index contributed by atoms with van der Waals surface area (Å²) in [6.45, 7) is 6.42. The summed E-state index contributed by atoms with van der Waals surface area (Å²) in [5, 5.41) is 7.00. The number of rotatable bonds is 7. The lowest BCUT2D eigenvalue weighted by molar-refractivity contribution is 0.0914. The summed E-state index contributed by atoms with van der Waals surface area (Å²) in [6.07, 6.45) is 4.94. The zero-order valence-corrected chi connectivity index (χ0v) is 19.1. The molecule has 1 N–H and O–H groups in total. The predicted molar refractivity (Wildman–Crippen MR) is 115 cm³/mol. The lowest BCUT2D eigenvalue weighted by atomic mass is 10.0. The molecule has 2 atom stereocenters. The summed E-state index contributed by atoms with van der Waals surface area (Å²) in [5.74, 6) is 1.23. The topological polar surface area (TPSA) is 105 Å². The van der Waals surface area contributed by atoms with E-state index < -0.39 is 16.1 Å². The molecular weight excluding hydrogens is 416 g/mol. The van der Waals surface area contributed by atoms with E-state index in [1.54, 1.807) is 16.4 Å². The summed E-state index contributed by atoms with van der Waals surface area (Å²) in [4.78, 5) is 17.5. The van der Waals surface area contributed by atoms with Crippen molar-refractivity contribution in [2.75, 3.05) is 6.54 Å². The van der Waals surface area contributed by atoms with Crippen LogP contribution in [0.15, 0.2) is 33.7 Å². The number of carbonyl (C=O) groups excluding carboxylic acids is 1. The first-order chi connectivity index (χ1) is 14.8.